The Morgan fingerprint density at radius 2 is 0.966 bits per heavy atom. The van der Waals surface area contributed by atoms with Crippen molar-refractivity contribution in [1.29, 1.82) is 0 Å². The summed E-state index contributed by atoms with van der Waals surface area (Å²) < 4.78 is 60.4. The second-order valence-electron chi connectivity index (χ2n) is 22.8. The first-order valence-corrected chi connectivity index (χ1v) is 29.3. The highest BCUT2D eigenvalue weighted by Gasteiger charge is 2.58. The summed E-state index contributed by atoms with van der Waals surface area (Å²) in [7, 11) is 0. The second kappa shape index (κ2) is 28.8. The van der Waals surface area contributed by atoms with E-state index in [2.05, 4.69) is 0 Å². The highest BCUT2D eigenvalue weighted by atomic mass is 35.5. The predicted octanol–water partition coefficient (Wildman–Crippen LogP) is 7.22. The molecule has 26 heteroatoms. The fourth-order valence-electron chi connectivity index (χ4n) is 10.4. The Morgan fingerprint density at radius 1 is 0.506 bits per heavy atom. The highest BCUT2D eigenvalue weighted by Crippen LogP contribution is 2.44. The predicted molar refractivity (Wildman–Crippen MR) is 311 cm³/mol. The minimum atomic E-state index is -1.55. The Balaban J connectivity index is 0.000000167. The molecule has 478 valence electrons. The van der Waals surface area contributed by atoms with Crippen LogP contribution in [0.5, 0.6) is 0 Å². The van der Waals surface area contributed by atoms with Crippen molar-refractivity contribution in [2.24, 2.45) is 5.92 Å². The number of hydrogen-bond acceptors (Lipinski definition) is 22. The number of halogens is 4. The lowest BCUT2D eigenvalue weighted by Gasteiger charge is -2.43. The van der Waals surface area contributed by atoms with Crippen LogP contribution in [-0.4, -0.2) is 163 Å². The van der Waals surface area contributed by atoms with Crippen LogP contribution >= 0.6 is 46.4 Å². The van der Waals surface area contributed by atoms with Gasteiger partial charge in [0.2, 0.25) is 12.4 Å². The number of hydrogen-bond donors (Lipinski definition) is 7. The molecule has 0 aromatic heterocycles. The number of benzene rings is 4. The Morgan fingerprint density at radius 3 is 1.45 bits per heavy atom. The Kier molecular flexibility index (Phi) is 23.1. The van der Waals surface area contributed by atoms with Crippen LogP contribution in [0.25, 0.3) is 0 Å². The van der Waals surface area contributed by atoms with Gasteiger partial charge in [-0.3, -0.25) is 19.2 Å². The van der Waals surface area contributed by atoms with Crippen molar-refractivity contribution in [2.75, 3.05) is 0 Å². The average molecular weight is 1300 g/mol. The lowest BCUT2D eigenvalue weighted by atomic mass is 9.86. The summed E-state index contributed by atoms with van der Waals surface area (Å²) in [5.74, 6) is -4.12. The molecule has 6 fully saturated rings. The van der Waals surface area contributed by atoms with Gasteiger partial charge in [0.25, 0.3) is 0 Å². The summed E-state index contributed by atoms with van der Waals surface area (Å²) in [5, 5.41) is 71.4. The van der Waals surface area contributed by atoms with Crippen LogP contribution in [0.4, 0.5) is 0 Å². The lowest BCUT2D eigenvalue weighted by Crippen LogP contribution is -2.55. The zero-order chi connectivity index (χ0) is 64.5. The van der Waals surface area contributed by atoms with E-state index < -0.39 is 146 Å². The maximum absolute atomic E-state index is 12.5. The highest BCUT2D eigenvalue weighted by molar-refractivity contribution is 6.32. The molecular weight excluding hydrogens is 1230 g/mol. The quantitative estimate of drug-likeness (QED) is 0.0494. The molecule has 6 heterocycles. The number of esters is 3. The van der Waals surface area contributed by atoms with Gasteiger partial charge in [-0.2, -0.15) is 0 Å². The summed E-state index contributed by atoms with van der Waals surface area (Å²) in [6, 6.07) is 20.7. The molecule has 6 aliphatic heterocycles. The van der Waals surface area contributed by atoms with Gasteiger partial charge >= 0.3 is 17.9 Å². The number of Topliss-reactive ketones (excluding diaryl/α,β-unsaturated/α-hetero) is 1. The monoisotopic (exact) mass is 1300 g/mol. The van der Waals surface area contributed by atoms with Crippen LogP contribution in [-0.2, 0) is 66.5 Å². The first kappa shape index (κ1) is 70.0. The Bertz CT molecular complexity index is 3110. The smallest absolute Gasteiger partial charge is 0.305 e. The SMILES string of the molecule is CC(=O)O[C@H]1O[C@@H](c2ccc(C)c(Cl)c2)[C@H](C)[C@@H](OC(C)=O)[C@@H]1OC(C)=O.Cc1ccc(C(=O)[C@@H]2O[C@H]3OC(C)(C)O[C@H]3[C@@H]2O)cc1Cl.Cc1ccc([C@@H]2OC(O)[C@@H](O)[C@H](O)[C@H]2O)cc1Cl.Cc1ccc([C@H](O)[C@@H]2O[C@H]3OC(C)(C)O[C@H]3[C@@H]2O)cc1Cl. The van der Waals surface area contributed by atoms with Gasteiger partial charge in [-0.25, -0.2) is 0 Å². The standard InChI is InChI=1S/C19H23ClO7.C15H19ClO5.C15H17ClO5.C12H15ClO5/c1-9-6-7-14(8-15(9)20)16-10(2)17(24-11(3)21)18(25-12(4)22)19(27-16)26-13(5)23;2*1-7-4-5-8(6-9(7)16)10(17)12-11(18)13-14(19-12)21-15(2,3)20-13;1-5-2-3-6(4-7(5)13)11-9(15)8(14)10(16)12(17)18-11/h6-8,10,16-19H,1-5H3;4-6,10-14,17-18H,1-3H3;4-6,11-14,18H,1-3H3;2-4,8-12,14-17H,1H3/t10-,16+,17+,18-,19-;10-,11+,12-,13-,14-;11-,12+,13+,14+;8-,9-,10+,11+,12?/m0011/s1. The summed E-state index contributed by atoms with van der Waals surface area (Å²) in [5.41, 5.74) is 5.82. The molecule has 0 radical (unpaired) electrons. The van der Waals surface area contributed by atoms with E-state index in [0.717, 1.165) is 27.8 Å². The molecule has 19 atom stereocenters. The van der Waals surface area contributed by atoms with Gasteiger partial charge in [-0.15, -0.1) is 0 Å². The van der Waals surface area contributed by atoms with Gasteiger partial charge < -0.3 is 87.9 Å². The lowest BCUT2D eigenvalue weighted by molar-refractivity contribution is -0.284. The third kappa shape index (κ3) is 16.7. The van der Waals surface area contributed by atoms with Crippen molar-refractivity contribution in [3.63, 3.8) is 0 Å². The number of ketones is 1. The van der Waals surface area contributed by atoms with Gasteiger partial charge in [-0.1, -0.05) is 102 Å². The van der Waals surface area contributed by atoms with E-state index in [1.807, 2.05) is 45.9 Å². The number of aliphatic hydroxyl groups is 7. The first-order valence-electron chi connectivity index (χ1n) is 27.8. The van der Waals surface area contributed by atoms with Crippen LogP contribution in [0.15, 0.2) is 72.8 Å². The maximum Gasteiger partial charge on any atom is 0.305 e. The molecule has 10 rings (SSSR count). The minimum absolute atomic E-state index is 0.330. The van der Waals surface area contributed by atoms with Crippen molar-refractivity contribution < 1.29 is 107 Å². The van der Waals surface area contributed by atoms with E-state index in [9.17, 15) is 54.9 Å². The molecule has 22 nitrogen and oxygen atoms in total. The molecule has 1 unspecified atom stereocenters. The topological polar surface area (TPSA) is 311 Å². The second-order valence-corrected chi connectivity index (χ2v) is 24.5. The largest absolute Gasteiger partial charge is 0.458 e. The fraction of sp³-hybridized carbons (Fsp3) is 0.541. The van der Waals surface area contributed by atoms with Crippen molar-refractivity contribution in [3.8, 4) is 0 Å². The maximum atomic E-state index is 12.5. The van der Waals surface area contributed by atoms with Crippen LogP contribution < -0.4 is 0 Å². The van der Waals surface area contributed by atoms with E-state index in [4.69, 9.17) is 98.5 Å². The van der Waals surface area contributed by atoms with Crippen molar-refractivity contribution in [3.05, 3.63) is 137 Å². The molecular formula is C61H74Cl4O22. The Labute approximate surface area is 523 Å². The third-order valence-corrected chi connectivity index (χ3v) is 16.7. The van der Waals surface area contributed by atoms with Gasteiger partial charge in [0.05, 0.1) is 6.10 Å². The molecule has 7 N–H and O–H groups in total. The zero-order valence-electron chi connectivity index (χ0n) is 49.7. The summed E-state index contributed by atoms with van der Waals surface area (Å²) in [4.78, 5) is 47.1. The first-order chi connectivity index (χ1) is 40.6. The van der Waals surface area contributed by atoms with Gasteiger partial charge in [0.15, 0.2) is 48.4 Å². The molecule has 6 saturated heterocycles. The number of aliphatic hydroxyl groups excluding tert-OH is 7. The Hall–Kier alpha value is -4.48. The summed E-state index contributed by atoms with van der Waals surface area (Å²) in [6.07, 6.45) is -18.1. The molecule has 0 saturated carbocycles. The number of fused-ring (bicyclic) bond motifs is 2. The van der Waals surface area contributed by atoms with E-state index >= 15 is 0 Å². The fourth-order valence-corrected chi connectivity index (χ4v) is 11.1. The number of carbonyl (C=O) groups is 4. The molecule has 87 heavy (non-hydrogen) atoms. The van der Waals surface area contributed by atoms with Crippen LogP contribution in [0.1, 0.15) is 123 Å². The number of rotatable bonds is 9. The van der Waals surface area contributed by atoms with Crippen LogP contribution in [0, 0.1) is 33.6 Å². The van der Waals surface area contributed by atoms with E-state index in [0.29, 0.717) is 36.8 Å². The zero-order valence-corrected chi connectivity index (χ0v) is 52.7. The van der Waals surface area contributed by atoms with Gasteiger partial charge in [-0.05, 0) is 119 Å². The minimum Gasteiger partial charge on any atom is -0.458 e. The van der Waals surface area contributed by atoms with Crippen LogP contribution in [0.3, 0.4) is 0 Å². The molecule has 0 bridgehead atoms. The molecule has 6 aliphatic rings. The summed E-state index contributed by atoms with van der Waals surface area (Å²) >= 11 is 24.3. The van der Waals surface area contributed by atoms with Crippen molar-refractivity contribution in [2.45, 2.75) is 205 Å². The van der Waals surface area contributed by atoms with Gasteiger partial charge in [0.1, 0.15) is 61.0 Å². The third-order valence-electron chi connectivity index (χ3n) is 15.0. The van der Waals surface area contributed by atoms with E-state index in [1.54, 1.807) is 89.2 Å². The van der Waals surface area contributed by atoms with Crippen LogP contribution in [0.2, 0.25) is 20.1 Å². The summed E-state index contributed by atoms with van der Waals surface area (Å²) in [6.45, 7) is 19.9. The van der Waals surface area contributed by atoms with Crippen molar-refractivity contribution >= 4 is 70.1 Å². The average Bonchev–Trinajstić information content (AvgIpc) is 1.83. The molecule has 0 aliphatic carbocycles. The molecule has 4 aromatic carbocycles. The number of carbonyl (C=O) groups excluding carboxylic acids is 4. The number of ether oxygens (including phenoxy) is 11. The normalized spacial score (nSPS) is 33.0. The molecule has 4 aromatic rings. The van der Waals surface area contributed by atoms with E-state index in [1.165, 1.54) is 20.8 Å². The number of aryl methyl sites for hydroxylation is 4. The van der Waals surface area contributed by atoms with Crippen molar-refractivity contribution in [1.82, 2.24) is 0 Å². The van der Waals surface area contributed by atoms with E-state index in [-0.39, 0.29) is 5.78 Å². The van der Waals surface area contributed by atoms with Gasteiger partial charge in [0, 0.05) is 52.3 Å². The molecule has 0 spiro atoms. The molecule has 0 amide bonds.